The van der Waals surface area contributed by atoms with Crippen LogP contribution in [0.3, 0.4) is 0 Å². The highest BCUT2D eigenvalue weighted by Gasteiger charge is 2.05. The van der Waals surface area contributed by atoms with Gasteiger partial charge in [-0.15, -0.1) is 0 Å². The number of aromatic nitrogens is 2. The van der Waals surface area contributed by atoms with Crippen molar-refractivity contribution in [2.45, 2.75) is 19.5 Å². The smallest absolute Gasteiger partial charge is 0.137 e. The number of benzene rings is 1. The summed E-state index contributed by atoms with van der Waals surface area (Å²) in [6.45, 7) is 3.21. The summed E-state index contributed by atoms with van der Waals surface area (Å²) < 4.78 is 7.57. The van der Waals surface area contributed by atoms with Crippen LogP contribution in [0, 0.1) is 0 Å². The van der Waals surface area contributed by atoms with E-state index in [-0.39, 0.29) is 6.04 Å². The number of imidazole rings is 1. The third-order valence-corrected chi connectivity index (χ3v) is 2.94. The highest BCUT2D eigenvalue weighted by atomic mass is 35.5. The average Bonchev–Trinajstić information content (AvgIpc) is 2.84. The lowest BCUT2D eigenvalue weighted by Gasteiger charge is -2.11. The molecule has 0 radical (unpaired) electrons. The molecule has 5 heteroatoms. The minimum Gasteiger partial charge on any atom is -0.490 e. The molecule has 0 saturated carbocycles. The fourth-order valence-corrected chi connectivity index (χ4v) is 1.84. The van der Waals surface area contributed by atoms with Gasteiger partial charge in [-0.1, -0.05) is 17.7 Å². The molecule has 0 fully saturated rings. The third kappa shape index (κ3) is 3.24. The van der Waals surface area contributed by atoms with Crippen LogP contribution in [0.25, 0.3) is 0 Å². The molecule has 0 saturated heterocycles. The Morgan fingerprint density at radius 3 is 2.94 bits per heavy atom. The van der Waals surface area contributed by atoms with Gasteiger partial charge >= 0.3 is 0 Å². The number of nitrogens with two attached hydrogens (primary N) is 1. The van der Waals surface area contributed by atoms with Crippen LogP contribution in [0.5, 0.6) is 5.75 Å². The van der Waals surface area contributed by atoms with E-state index in [9.17, 15) is 0 Å². The van der Waals surface area contributed by atoms with E-state index in [0.717, 1.165) is 12.1 Å². The van der Waals surface area contributed by atoms with Crippen molar-refractivity contribution in [2.75, 3.05) is 6.61 Å². The Kier molecular flexibility index (Phi) is 4.23. The molecule has 4 nitrogen and oxygen atoms in total. The van der Waals surface area contributed by atoms with Crippen LogP contribution < -0.4 is 10.5 Å². The quantitative estimate of drug-likeness (QED) is 0.904. The van der Waals surface area contributed by atoms with Crippen LogP contribution in [0.4, 0.5) is 0 Å². The van der Waals surface area contributed by atoms with Crippen LogP contribution in [0.2, 0.25) is 5.02 Å². The van der Waals surface area contributed by atoms with E-state index in [1.807, 2.05) is 35.9 Å². The minimum absolute atomic E-state index is 0.0255. The van der Waals surface area contributed by atoms with Crippen LogP contribution in [0.15, 0.2) is 36.9 Å². The van der Waals surface area contributed by atoms with Gasteiger partial charge in [-0.2, -0.15) is 0 Å². The maximum atomic E-state index is 6.13. The van der Waals surface area contributed by atoms with E-state index in [1.165, 1.54) is 0 Å². The average molecular weight is 266 g/mol. The fourth-order valence-electron chi connectivity index (χ4n) is 1.60. The van der Waals surface area contributed by atoms with E-state index in [1.54, 1.807) is 12.5 Å². The molecule has 0 bridgehead atoms. The zero-order valence-electron chi connectivity index (χ0n) is 10.2. The summed E-state index contributed by atoms with van der Waals surface area (Å²) in [6, 6.07) is 5.61. The van der Waals surface area contributed by atoms with Gasteiger partial charge in [0, 0.05) is 18.4 Å². The standard InChI is InChI=1S/C13H16ClN3O/c1-10(15)11-2-3-13(12(14)8-11)18-7-6-17-5-4-16-9-17/h2-5,8-10H,6-7,15H2,1H3. The second kappa shape index (κ2) is 5.89. The molecule has 96 valence electrons. The molecule has 2 N–H and O–H groups in total. The number of hydrogen-bond donors (Lipinski definition) is 1. The highest BCUT2D eigenvalue weighted by Crippen LogP contribution is 2.27. The largest absolute Gasteiger partial charge is 0.490 e. The molecule has 1 atom stereocenters. The normalized spacial score (nSPS) is 12.4. The summed E-state index contributed by atoms with van der Waals surface area (Å²) in [5.41, 5.74) is 6.79. The van der Waals surface area contributed by atoms with Gasteiger partial charge < -0.3 is 15.0 Å². The Labute approximate surface area is 111 Å². The van der Waals surface area contributed by atoms with Gasteiger partial charge in [0.15, 0.2) is 0 Å². The Morgan fingerprint density at radius 2 is 2.33 bits per heavy atom. The molecule has 2 aromatic rings. The van der Waals surface area contributed by atoms with E-state index in [4.69, 9.17) is 22.1 Å². The van der Waals surface area contributed by atoms with Crippen molar-refractivity contribution in [3.8, 4) is 5.75 Å². The molecular weight excluding hydrogens is 250 g/mol. The topological polar surface area (TPSA) is 53.1 Å². The molecule has 2 rings (SSSR count). The lowest BCUT2D eigenvalue weighted by atomic mass is 10.1. The molecule has 0 spiro atoms. The molecule has 1 aromatic carbocycles. The zero-order valence-corrected chi connectivity index (χ0v) is 11.0. The summed E-state index contributed by atoms with van der Waals surface area (Å²) >= 11 is 6.13. The van der Waals surface area contributed by atoms with Gasteiger partial charge in [-0.05, 0) is 24.6 Å². The Balaban J connectivity index is 1.93. The van der Waals surface area contributed by atoms with Crippen LogP contribution in [-0.2, 0) is 6.54 Å². The Morgan fingerprint density at radius 1 is 1.50 bits per heavy atom. The van der Waals surface area contributed by atoms with E-state index >= 15 is 0 Å². The van der Waals surface area contributed by atoms with Gasteiger partial charge in [-0.3, -0.25) is 0 Å². The maximum Gasteiger partial charge on any atom is 0.137 e. The summed E-state index contributed by atoms with van der Waals surface area (Å²) in [6.07, 6.45) is 5.39. The van der Waals surface area contributed by atoms with Crippen molar-refractivity contribution in [3.05, 3.63) is 47.5 Å². The molecule has 1 heterocycles. The second-order valence-electron chi connectivity index (χ2n) is 4.13. The van der Waals surface area contributed by atoms with E-state index in [2.05, 4.69) is 4.98 Å². The SMILES string of the molecule is CC(N)c1ccc(OCCn2ccnc2)c(Cl)c1. The predicted molar refractivity (Wildman–Crippen MR) is 71.8 cm³/mol. The van der Waals surface area contributed by atoms with E-state index in [0.29, 0.717) is 17.4 Å². The summed E-state index contributed by atoms with van der Waals surface area (Å²) in [5, 5.41) is 0.593. The molecule has 0 aliphatic rings. The molecule has 0 aliphatic heterocycles. The van der Waals surface area contributed by atoms with Crippen molar-refractivity contribution in [3.63, 3.8) is 0 Å². The van der Waals surface area contributed by atoms with Crippen molar-refractivity contribution >= 4 is 11.6 Å². The van der Waals surface area contributed by atoms with Crippen LogP contribution >= 0.6 is 11.6 Å². The molecule has 0 amide bonds. The van der Waals surface area contributed by atoms with Gasteiger partial charge in [0.25, 0.3) is 0 Å². The maximum absolute atomic E-state index is 6.13. The van der Waals surface area contributed by atoms with Crippen molar-refractivity contribution < 1.29 is 4.74 Å². The van der Waals surface area contributed by atoms with Crippen molar-refractivity contribution in [1.29, 1.82) is 0 Å². The highest BCUT2D eigenvalue weighted by molar-refractivity contribution is 6.32. The fraction of sp³-hybridized carbons (Fsp3) is 0.308. The molecule has 0 aliphatic carbocycles. The third-order valence-electron chi connectivity index (χ3n) is 2.65. The first-order valence-corrected chi connectivity index (χ1v) is 6.18. The summed E-state index contributed by atoms with van der Waals surface area (Å²) in [5.74, 6) is 0.682. The van der Waals surface area contributed by atoms with Crippen molar-refractivity contribution in [2.24, 2.45) is 5.73 Å². The first-order valence-electron chi connectivity index (χ1n) is 5.80. The summed E-state index contributed by atoms with van der Waals surface area (Å²) in [4.78, 5) is 3.96. The van der Waals surface area contributed by atoms with Gasteiger partial charge in [0.1, 0.15) is 12.4 Å². The number of rotatable bonds is 5. The molecule has 1 unspecified atom stereocenters. The number of halogens is 1. The number of ether oxygens (including phenoxy) is 1. The van der Waals surface area contributed by atoms with Crippen LogP contribution in [0.1, 0.15) is 18.5 Å². The second-order valence-corrected chi connectivity index (χ2v) is 4.53. The first kappa shape index (κ1) is 12.9. The first-order chi connectivity index (χ1) is 8.66. The molecule has 1 aromatic heterocycles. The number of nitrogens with zero attached hydrogens (tertiary/aromatic N) is 2. The monoisotopic (exact) mass is 265 g/mol. The lowest BCUT2D eigenvalue weighted by molar-refractivity contribution is 0.298. The Hall–Kier alpha value is -1.52. The van der Waals surface area contributed by atoms with Crippen molar-refractivity contribution in [1.82, 2.24) is 9.55 Å². The minimum atomic E-state index is -0.0255. The molecular formula is C13H16ClN3O. The van der Waals surface area contributed by atoms with E-state index < -0.39 is 0 Å². The zero-order chi connectivity index (χ0) is 13.0. The molecule has 18 heavy (non-hydrogen) atoms. The van der Waals surface area contributed by atoms with Gasteiger partial charge in [0.2, 0.25) is 0 Å². The number of hydrogen-bond acceptors (Lipinski definition) is 3. The predicted octanol–water partition coefficient (Wildman–Crippen LogP) is 2.64. The van der Waals surface area contributed by atoms with Crippen LogP contribution in [-0.4, -0.2) is 16.2 Å². The van der Waals surface area contributed by atoms with Gasteiger partial charge in [0.05, 0.1) is 17.9 Å². The Bertz CT molecular complexity index is 497. The lowest BCUT2D eigenvalue weighted by Crippen LogP contribution is -2.08. The summed E-state index contributed by atoms with van der Waals surface area (Å²) in [7, 11) is 0. The van der Waals surface area contributed by atoms with Gasteiger partial charge in [-0.25, -0.2) is 4.98 Å².